The van der Waals surface area contributed by atoms with Gasteiger partial charge in [-0.2, -0.15) is 0 Å². The van der Waals surface area contributed by atoms with Crippen LogP contribution in [-0.2, 0) is 19.1 Å². The zero-order chi connectivity index (χ0) is 16.5. The van der Waals surface area contributed by atoms with Crippen LogP contribution in [0.25, 0.3) is 0 Å². The van der Waals surface area contributed by atoms with Crippen LogP contribution in [0, 0.1) is 0 Å². The molecule has 0 unspecified atom stereocenters. The Morgan fingerprint density at radius 2 is 1.05 bits per heavy atom. The molecule has 0 radical (unpaired) electrons. The number of hydrogen-bond donors (Lipinski definition) is 2. The Kier molecular flexibility index (Phi) is 15.3. The minimum absolute atomic E-state index is 0.0761. The van der Waals surface area contributed by atoms with Gasteiger partial charge < -0.3 is 39.9 Å². The number of hydrogen-bond acceptors (Lipinski definition) is 6. The molecule has 0 spiro atoms. The number of aliphatic carboxylic acids is 2. The fourth-order valence-corrected chi connectivity index (χ4v) is 1.70. The maximum absolute atomic E-state index is 9.77. The van der Waals surface area contributed by atoms with E-state index in [1.54, 1.807) is 0 Å². The van der Waals surface area contributed by atoms with E-state index in [1.807, 2.05) is 0 Å². The molecule has 0 amide bonds. The molecule has 2 heterocycles. The number of carboxylic acids is 2. The molecular weight excluding hydrogens is 292 g/mol. The number of carbonyl (C=O) groups is 2. The highest BCUT2D eigenvalue weighted by atomic mass is 16.5. The number of unbranched alkanes of at least 4 members (excludes halogenated alkanes) is 1. The summed E-state index contributed by atoms with van der Waals surface area (Å²) in [6.07, 6.45) is 0.535. The SMILES string of the molecule is C1COCC[NH2+]1.C1COCC[NH2+]1.O=C([O-])CCCCC(=O)[O-]. The second-order valence-corrected chi connectivity index (χ2v) is 4.91. The van der Waals surface area contributed by atoms with Crippen molar-refractivity contribution in [1.82, 2.24) is 0 Å². The van der Waals surface area contributed by atoms with Crippen molar-refractivity contribution in [2.45, 2.75) is 25.7 Å². The molecule has 0 aromatic rings. The van der Waals surface area contributed by atoms with Gasteiger partial charge in [-0.05, 0) is 25.7 Å². The summed E-state index contributed by atoms with van der Waals surface area (Å²) in [4.78, 5) is 19.5. The Hall–Kier alpha value is -1.22. The Morgan fingerprint density at radius 1 is 0.727 bits per heavy atom. The zero-order valence-electron chi connectivity index (χ0n) is 13.1. The molecule has 8 nitrogen and oxygen atoms in total. The van der Waals surface area contributed by atoms with Crippen LogP contribution in [0.3, 0.4) is 0 Å². The molecule has 0 saturated carbocycles. The van der Waals surface area contributed by atoms with Crippen molar-refractivity contribution in [3.8, 4) is 0 Å². The lowest BCUT2D eigenvalue weighted by Crippen LogP contribution is -2.87. The van der Waals surface area contributed by atoms with Crippen LogP contribution in [-0.4, -0.2) is 64.5 Å². The van der Waals surface area contributed by atoms with Crippen LogP contribution >= 0.6 is 0 Å². The van der Waals surface area contributed by atoms with E-state index in [9.17, 15) is 19.8 Å². The first-order valence-corrected chi connectivity index (χ1v) is 7.81. The van der Waals surface area contributed by atoms with Gasteiger partial charge in [0.15, 0.2) is 0 Å². The van der Waals surface area contributed by atoms with Crippen LogP contribution in [0.5, 0.6) is 0 Å². The lowest BCUT2D eigenvalue weighted by Gasteiger charge is -2.07. The summed E-state index contributed by atoms with van der Waals surface area (Å²) in [6.45, 7) is 8.39. The first-order chi connectivity index (χ1) is 10.6. The van der Waals surface area contributed by atoms with Crippen molar-refractivity contribution < 1.29 is 39.9 Å². The van der Waals surface area contributed by atoms with Crippen molar-refractivity contribution in [3.05, 3.63) is 0 Å². The predicted molar refractivity (Wildman–Crippen MR) is 73.4 cm³/mol. The molecule has 0 aliphatic carbocycles. The van der Waals surface area contributed by atoms with Crippen LogP contribution in [0.1, 0.15) is 25.7 Å². The Morgan fingerprint density at radius 3 is 1.18 bits per heavy atom. The summed E-state index contributed by atoms with van der Waals surface area (Å²) < 4.78 is 10.1. The molecule has 2 rings (SSSR count). The van der Waals surface area contributed by atoms with E-state index in [4.69, 9.17) is 9.47 Å². The molecule has 8 heteroatoms. The summed E-state index contributed by atoms with van der Waals surface area (Å²) in [5.74, 6) is -2.28. The summed E-state index contributed by atoms with van der Waals surface area (Å²) in [7, 11) is 0. The number of carbonyl (C=O) groups excluding carboxylic acids is 2. The fraction of sp³-hybridized carbons (Fsp3) is 0.857. The fourth-order valence-electron chi connectivity index (χ4n) is 1.70. The van der Waals surface area contributed by atoms with E-state index in [2.05, 4.69) is 10.6 Å². The van der Waals surface area contributed by atoms with Gasteiger partial charge in [-0.1, -0.05) is 0 Å². The van der Waals surface area contributed by atoms with Gasteiger partial charge in [0.2, 0.25) is 0 Å². The van der Waals surface area contributed by atoms with E-state index in [1.165, 1.54) is 0 Å². The predicted octanol–water partition coefficient (Wildman–Crippen LogP) is -4.79. The van der Waals surface area contributed by atoms with Gasteiger partial charge in [0, 0.05) is 11.9 Å². The molecule has 22 heavy (non-hydrogen) atoms. The third-order valence-corrected chi connectivity index (χ3v) is 2.88. The Bertz CT molecular complexity index is 229. The maximum atomic E-state index is 9.77. The lowest BCUT2D eigenvalue weighted by molar-refractivity contribution is -0.670. The number of nitrogens with two attached hydrogens (primary N) is 2. The summed E-state index contributed by atoms with van der Waals surface area (Å²) in [5.41, 5.74) is 0. The van der Waals surface area contributed by atoms with Crippen LogP contribution in [0.4, 0.5) is 0 Å². The molecule has 2 fully saturated rings. The van der Waals surface area contributed by atoms with E-state index < -0.39 is 11.9 Å². The molecular formula is C14H28N2O6. The van der Waals surface area contributed by atoms with Gasteiger partial charge in [-0.3, -0.25) is 0 Å². The van der Waals surface area contributed by atoms with E-state index in [-0.39, 0.29) is 12.8 Å². The normalized spacial score (nSPS) is 17.3. The minimum atomic E-state index is -1.14. The summed E-state index contributed by atoms with van der Waals surface area (Å²) in [6, 6.07) is 0. The highest BCUT2D eigenvalue weighted by Gasteiger charge is 1.97. The number of carboxylic acid groups (broad SMARTS) is 2. The standard InChI is InChI=1S/C6H10O4.2C4H9NO/c7-5(8)3-1-2-4-6(9)10;2*1-3-6-4-2-5-1/h1-4H2,(H,7,8)(H,9,10);2*5H,1-4H2. The minimum Gasteiger partial charge on any atom is -0.550 e. The largest absolute Gasteiger partial charge is 0.550 e. The maximum Gasteiger partial charge on any atom is 0.0993 e. The molecule has 4 N–H and O–H groups in total. The number of quaternary nitrogens is 2. The van der Waals surface area contributed by atoms with E-state index in [0.29, 0.717) is 12.8 Å². The van der Waals surface area contributed by atoms with E-state index in [0.717, 1.165) is 52.6 Å². The third kappa shape index (κ3) is 18.8. The van der Waals surface area contributed by atoms with Gasteiger partial charge in [0.1, 0.15) is 0 Å². The average molecular weight is 320 g/mol. The van der Waals surface area contributed by atoms with Crippen LogP contribution < -0.4 is 20.8 Å². The number of rotatable bonds is 5. The van der Waals surface area contributed by atoms with Crippen molar-refractivity contribution in [2.24, 2.45) is 0 Å². The van der Waals surface area contributed by atoms with Crippen molar-refractivity contribution in [2.75, 3.05) is 52.6 Å². The first kappa shape index (κ1) is 20.8. The van der Waals surface area contributed by atoms with Crippen molar-refractivity contribution >= 4 is 11.9 Å². The second-order valence-electron chi connectivity index (χ2n) is 4.91. The zero-order valence-corrected chi connectivity index (χ0v) is 13.1. The van der Waals surface area contributed by atoms with Crippen LogP contribution in [0.15, 0.2) is 0 Å². The van der Waals surface area contributed by atoms with Gasteiger partial charge in [0.05, 0.1) is 52.6 Å². The lowest BCUT2D eigenvalue weighted by atomic mass is 10.2. The van der Waals surface area contributed by atoms with Gasteiger partial charge in [-0.25, -0.2) is 0 Å². The number of morpholine rings is 2. The summed E-state index contributed by atoms with van der Waals surface area (Å²) in [5, 5.41) is 24.1. The summed E-state index contributed by atoms with van der Waals surface area (Å²) >= 11 is 0. The van der Waals surface area contributed by atoms with Gasteiger partial charge in [-0.15, -0.1) is 0 Å². The molecule has 0 atom stereocenters. The quantitative estimate of drug-likeness (QED) is 0.489. The van der Waals surface area contributed by atoms with Gasteiger partial charge in [0.25, 0.3) is 0 Å². The molecule has 0 bridgehead atoms. The molecule has 2 saturated heterocycles. The monoisotopic (exact) mass is 320 g/mol. The first-order valence-electron chi connectivity index (χ1n) is 7.81. The molecule has 0 aromatic carbocycles. The average Bonchev–Trinajstić information content (AvgIpc) is 2.56. The third-order valence-electron chi connectivity index (χ3n) is 2.88. The Balaban J connectivity index is 0.000000315. The highest BCUT2D eigenvalue weighted by molar-refractivity contribution is 5.65. The van der Waals surface area contributed by atoms with Crippen molar-refractivity contribution in [3.63, 3.8) is 0 Å². The van der Waals surface area contributed by atoms with Crippen molar-refractivity contribution in [1.29, 1.82) is 0 Å². The molecule has 0 aromatic heterocycles. The second kappa shape index (κ2) is 16.2. The van der Waals surface area contributed by atoms with Gasteiger partial charge >= 0.3 is 0 Å². The van der Waals surface area contributed by atoms with Crippen LogP contribution in [0.2, 0.25) is 0 Å². The molecule has 130 valence electrons. The number of ether oxygens (including phenoxy) is 2. The van der Waals surface area contributed by atoms with E-state index >= 15 is 0 Å². The smallest absolute Gasteiger partial charge is 0.0993 e. The topological polar surface area (TPSA) is 132 Å². The Labute approximate surface area is 131 Å². The molecule has 2 aliphatic rings. The highest BCUT2D eigenvalue weighted by Crippen LogP contribution is 1.96. The molecule has 2 aliphatic heterocycles.